The number of rotatable bonds is 6. The summed E-state index contributed by atoms with van der Waals surface area (Å²) in [5.41, 5.74) is 0.608. The van der Waals surface area contributed by atoms with Crippen LogP contribution in [0.15, 0.2) is 61.1 Å². The molecule has 2 amide bonds. The van der Waals surface area contributed by atoms with Gasteiger partial charge in [-0.15, -0.1) is 0 Å². The Kier molecular flexibility index (Phi) is 6.91. The van der Waals surface area contributed by atoms with Crippen LogP contribution in [0, 0.1) is 17.5 Å². The average Bonchev–Trinajstić information content (AvgIpc) is 3.24. The highest BCUT2D eigenvalue weighted by atomic mass is 19.1. The highest BCUT2D eigenvalue weighted by Gasteiger charge is 2.23. The normalized spacial score (nSPS) is 11.3. The molecule has 2 N–H and O–H groups in total. The van der Waals surface area contributed by atoms with Crippen LogP contribution in [0.3, 0.4) is 0 Å². The van der Waals surface area contributed by atoms with E-state index < -0.39 is 28.9 Å². The quantitative estimate of drug-likeness (QED) is 0.362. The maximum atomic E-state index is 14.5. The number of hydrogen-bond acceptors (Lipinski definition) is 5. The molecule has 0 atom stereocenters. The molecule has 186 valence electrons. The van der Waals surface area contributed by atoms with E-state index in [0.717, 1.165) is 12.1 Å². The Balaban J connectivity index is 1.54. The lowest BCUT2D eigenvalue weighted by molar-refractivity contribution is 0.262. The van der Waals surface area contributed by atoms with Crippen LogP contribution in [0.2, 0.25) is 0 Å². The molecule has 11 heteroatoms. The number of nitrogens with zero attached hydrogens (tertiary/aromatic N) is 4. The number of nitrogens with one attached hydrogen (secondary N) is 2. The van der Waals surface area contributed by atoms with Crippen molar-refractivity contribution >= 4 is 17.5 Å². The molecular weight excluding hydrogens is 473 g/mol. The fourth-order valence-corrected chi connectivity index (χ4v) is 3.23. The maximum Gasteiger partial charge on any atom is 0.324 e. The molecule has 0 spiro atoms. The van der Waals surface area contributed by atoms with Gasteiger partial charge in [-0.05, 0) is 30.3 Å². The molecule has 8 nitrogen and oxygen atoms in total. The number of carbonyl (C=O) groups excluding carboxylic acids is 1. The van der Waals surface area contributed by atoms with Crippen molar-refractivity contribution in [3.63, 3.8) is 0 Å². The van der Waals surface area contributed by atoms with Crippen molar-refractivity contribution in [2.45, 2.75) is 32.8 Å². The minimum Gasteiger partial charge on any atom is -0.472 e. The van der Waals surface area contributed by atoms with Gasteiger partial charge in [-0.1, -0.05) is 20.8 Å². The number of urea groups is 1. The van der Waals surface area contributed by atoms with Crippen LogP contribution >= 0.6 is 0 Å². The van der Waals surface area contributed by atoms with Crippen LogP contribution in [0.25, 0.3) is 5.69 Å². The first-order chi connectivity index (χ1) is 17.1. The Morgan fingerprint density at radius 2 is 1.81 bits per heavy atom. The van der Waals surface area contributed by atoms with Crippen LogP contribution in [0.5, 0.6) is 5.88 Å². The Bertz CT molecular complexity index is 1390. The van der Waals surface area contributed by atoms with Crippen LogP contribution < -0.4 is 15.4 Å². The molecule has 2 aromatic heterocycles. The molecular formula is C25H23F3N6O2. The van der Waals surface area contributed by atoms with Crippen LogP contribution in [-0.2, 0) is 12.0 Å². The van der Waals surface area contributed by atoms with Gasteiger partial charge in [0, 0.05) is 41.2 Å². The number of halogens is 3. The maximum absolute atomic E-state index is 14.5. The molecule has 2 aromatic carbocycles. The second kappa shape index (κ2) is 10.1. The smallest absolute Gasteiger partial charge is 0.324 e. The molecule has 0 saturated carbocycles. The van der Waals surface area contributed by atoms with E-state index >= 15 is 0 Å². The molecule has 0 unspecified atom stereocenters. The van der Waals surface area contributed by atoms with Gasteiger partial charge in [0.15, 0.2) is 5.82 Å². The summed E-state index contributed by atoms with van der Waals surface area (Å²) in [4.78, 5) is 20.6. The fraction of sp³-hybridized carbons (Fsp3) is 0.200. The summed E-state index contributed by atoms with van der Waals surface area (Å²) in [6, 6.07) is 8.00. The van der Waals surface area contributed by atoms with Crippen molar-refractivity contribution < 1.29 is 22.7 Å². The van der Waals surface area contributed by atoms with Crippen molar-refractivity contribution in [3.05, 3.63) is 89.8 Å². The van der Waals surface area contributed by atoms with Crippen LogP contribution in [0.1, 0.15) is 32.0 Å². The molecule has 4 aromatic rings. The molecule has 0 aliphatic carbocycles. The van der Waals surface area contributed by atoms with Gasteiger partial charge in [0.25, 0.3) is 0 Å². The molecule has 2 heterocycles. The number of amides is 2. The van der Waals surface area contributed by atoms with Gasteiger partial charge in [0.2, 0.25) is 5.88 Å². The standard InChI is InChI=1S/C25H23F3N6O2/c1-25(2,3)21-12-22(34(33-21)20-7-4-16(26)11-19(20)28)32-24(35)31-17-5-6-18(27)15(10-17)14-36-23-13-29-8-9-30-23/h4-13H,14H2,1-3H3,(H2,31,32,35). The first kappa shape index (κ1) is 24.7. The number of anilines is 2. The summed E-state index contributed by atoms with van der Waals surface area (Å²) >= 11 is 0. The number of carbonyl (C=O) groups is 1. The first-order valence-electron chi connectivity index (χ1n) is 10.9. The zero-order valence-electron chi connectivity index (χ0n) is 19.7. The number of ether oxygens (including phenoxy) is 1. The molecule has 0 aliphatic rings. The van der Waals surface area contributed by atoms with E-state index in [1.54, 1.807) is 6.07 Å². The first-order valence-corrected chi connectivity index (χ1v) is 10.9. The second-order valence-electron chi connectivity index (χ2n) is 8.89. The zero-order valence-corrected chi connectivity index (χ0v) is 19.7. The van der Waals surface area contributed by atoms with Gasteiger partial charge in [0.1, 0.15) is 29.7 Å². The third-order valence-electron chi connectivity index (χ3n) is 5.08. The van der Waals surface area contributed by atoms with Crippen molar-refractivity contribution in [1.82, 2.24) is 19.7 Å². The Labute approximate surface area is 205 Å². The molecule has 0 bridgehead atoms. The van der Waals surface area contributed by atoms with E-state index in [2.05, 4.69) is 25.7 Å². The Morgan fingerprint density at radius 1 is 1.00 bits per heavy atom. The summed E-state index contributed by atoms with van der Waals surface area (Å²) in [7, 11) is 0. The number of benzene rings is 2. The SMILES string of the molecule is CC(C)(C)c1cc(NC(=O)Nc2ccc(F)c(COc3cnccn3)c2)n(-c2ccc(F)cc2F)n1. The summed E-state index contributed by atoms with van der Waals surface area (Å²) in [5, 5.41) is 9.66. The van der Waals surface area contributed by atoms with Crippen molar-refractivity contribution in [2.24, 2.45) is 0 Å². The minimum atomic E-state index is -0.840. The summed E-state index contributed by atoms with van der Waals surface area (Å²) in [6.07, 6.45) is 4.32. The highest BCUT2D eigenvalue weighted by molar-refractivity contribution is 5.99. The predicted octanol–water partition coefficient (Wildman–Crippen LogP) is 5.60. The third-order valence-corrected chi connectivity index (χ3v) is 5.08. The van der Waals surface area contributed by atoms with E-state index in [1.807, 2.05) is 20.8 Å². The Morgan fingerprint density at radius 3 is 2.50 bits per heavy atom. The molecule has 0 aliphatic heterocycles. The van der Waals surface area contributed by atoms with Crippen molar-refractivity contribution in [1.29, 1.82) is 0 Å². The van der Waals surface area contributed by atoms with E-state index in [1.165, 1.54) is 47.5 Å². The van der Waals surface area contributed by atoms with Gasteiger partial charge in [-0.3, -0.25) is 10.3 Å². The van der Waals surface area contributed by atoms with Gasteiger partial charge in [0.05, 0.1) is 11.9 Å². The van der Waals surface area contributed by atoms with E-state index in [4.69, 9.17) is 4.74 Å². The summed E-state index contributed by atoms with van der Waals surface area (Å²) in [5.74, 6) is -1.71. The number of hydrogen-bond donors (Lipinski definition) is 2. The van der Waals surface area contributed by atoms with E-state index in [9.17, 15) is 18.0 Å². The lowest BCUT2D eigenvalue weighted by atomic mass is 9.92. The largest absolute Gasteiger partial charge is 0.472 e. The topological polar surface area (TPSA) is 94.0 Å². The van der Waals surface area contributed by atoms with Gasteiger partial charge >= 0.3 is 6.03 Å². The molecule has 0 radical (unpaired) electrons. The monoisotopic (exact) mass is 496 g/mol. The lowest BCUT2D eigenvalue weighted by Crippen LogP contribution is -2.21. The lowest BCUT2D eigenvalue weighted by Gasteiger charge is -2.14. The van der Waals surface area contributed by atoms with Crippen LogP contribution in [-0.4, -0.2) is 25.8 Å². The zero-order chi connectivity index (χ0) is 25.9. The Hall–Kier alpha value is -4.41. The third kappa shape index (κ3) is 5.80. The molecule has 0 saturated heterocycles. The van der Waals surface area contributed by atoms with Gasteiger partial charge in [-0.25, -0.2) is 27.6 Å². The average molecular weight is 496 g/mol. The van der Waals surface area contributed by atoms with Crippen molar-refractivity contribution in [2.75, 3.05) is 10.6 Å². The summed E-state index contributed by atoms with van der Waals surface area (Å²) < 4.78 is 48.8. The molecule has 4 rings (SSSR count). The van der Waals surface area contributed by atoms with Crippen molar-refractivity contribution in [3.8, 4) is 11.6 Å². The summed E-state index contributed by atoms with van der Waals surface area (Å²) in [6.45, 7) is 5.60. The number of aromatic nitrogens is 4. The van der Waals surface area contributed by atoms with E-state index in [-0.39, 0.29) is 29.6 Å². The van der Waals surface area contributed by atoms with Crippen LogP contribution in [0.4, 0.5) is 29.5 Å². The fourth-order valence-electron chi connectivity index (χ4n) is 3.23. The van der Waals surface area contributed by atoms with E-state index in [0.29, 0.717) is 11.4 Å². The second-order valence-corrected chi connectivity index (χ2v) is 8.89. The highest BCUT2D eigenvalue weighted by Crippen LogP contribution is 2.28. The molecule has 36 heavy (non-hydrogen) atoms. The van der Waals surface area contributed by atoms with Gasteiger partial charge in [-0.2, -0.15) is 5.10 Å². The minimum absolute atomic E-state index is 0.0348. The molecule has 0 fully saturated rings. The predicted molar refractivity (Wildman–Crippen MR) is 128 cm³/mol. The van der Waals surface area contributed by atoms with Gasteiger partial charge < -0.3 is 10.1 Å².